The Morgan fingerprint density at radius 1 is 0.538 bits per heavy atom. The van der Waals surface area contributed by atoms with Crippen LogP contribution in [0.3, 0.4) is 0 Å². The van der Waals surface area contributed by atoms with Gasteiger partial charge in [-0.05, 0) is 38.5 Å². The van der Waals surface area contributed by atoms with Gasteiger partial charge in [-0.15, -0.1) is 0 Å². The largest absolute Gasteiger partial charge is 0.353 e. The summed E-state index contributed by atoms with van der Waals surface area (Å²) in [4.78, 5) is 23.9. The lowest BCUT2D eigenvalue weighted by molar-refractivity contribution is -0.123. The molecular formula is C22H40N2O2. The minimum Gasteiger partial charge on any atom is -0.353 e. The molecule has 4 nitrogen and oxygen atoms in total. The Morgan fingerprint density at radius 3 is 1.27 bits per heavy atom. The molecule has 150 valence electrons. The maximum absolute atomic E-state index is 11.9. The van der Waals surface area contributed by atoms with Gasteiger partial charge >= 0.3 is 0 Å². The molecule has 0 aromatic rings. The molecule has 26 heavy (non-hydrogen) atoms. The van der Waals surface area contributed by atoms with E-state index in [0.717, 1.165) is 25.7 Å². The number of hydrogen-bond donors (Lipinski definition) is 2. The Balaban J connectivity index is 1.36. The van der Waals surface area contributed by atoms with E-state index in [0.29, 0.717) is 24.9 Å². The van der Waals surface area contributed by atoms with Crippen molar-refractivity contribution in [1.82, 2.24) is 10.6 Å². The van der Waals surface area contributed by atoms with Crippen LogP contribution in [0.15, 0.2) is 0 Å². The van der Waals surface area contributed by atoms with Crippen molar-refractivity contribution in [1.29, 1.82) is 0 Å². The highest BCUT2D eigenvalue weighted by Gasteiger charge is 2.16. The summed E-state index contributed by atoms with van der Waals surface area (Å²) >= 11 is 0. The van der Waals surface area contributed by atoms with Crippen molar-refractivity contribution < 1.29 is 9.59 Å². The summed E-state index contributed by atoms with van der Waals surface area (Å²) in [6, 6.07) is 0.881. The van der Waals surface area contributed by atoms with Crippen LogP contribution in [0.25, 0.3) is 0 Å². The fourth-order valence-corrected chi connectivity index (χ4v) is 4.37. The topological polar surface area (TPSA) is 58.2 Å². The molecule has 2 amide bonds. The first kappa shape index (κ1) is 21.2. The van der Waals surface area contributed by atoms with Gasteiger partial charge in [0, 0.05) is 24.9 Å². The predicted molar refractivity (Wildman–Crippen MR) is 107 cm³/mol. The van der Waals surface area contributed by atoms with E-state index in [1.54, 1.807) is 0 Å². The third kappa shape index (κ3) is 9.59. The van der Waals surface area contributed by atoms with Crippen LogP contribution >= 0.6 is 0 Å². The first-order chi connectivity index (χ1) is 12.7. The predicted octanol–water partition coefficient (Wildman–Crippen LogP) is 5.01. The average Bonchev–Trinajstić information content (AvgIpc) is 2.65. The minimum atomic E-state index is 0.247. The molecule has 2 N–H and O–H groups in total. The Bertz CT molecular complexity index is 361. The van der Waals surface area contributed by atoms with Crippen molar-refractivity contribution in [3.63, 3.8) is 0 Å². The highest BCUT2D eigenvalue weighted by Crippen LogP contribution is 2.18. The molecule has 2 aliphatic carbocycles. The fraction of sp³-hybridized carbons (Fsp3) is 0.909. The summed E-state index contributed by atoms with van der Waals surface area (Å²) in [5, 5.41) is 6.39. The molecule has 2 aliphatic rings. The molecule has 0 bridgehead atoms. The molecule has 0 atom stereocenters. The maximum atomic E-state index is 11.9. The molecule has 4 heteroatoms. The zero-order valence-electron chi connectivity index (χ0n) is 16.7. The summed E-state index contributed by atoms with van der Waals surface area (Å²) in [6.07, 6.45) is 20.4. The van der Waals surface area contributed by atoms with Crippen LogP contribution in [-0.4, -0.2) is 23.9 Å². The molecule has 0 aromatic carbocycles. The third-order valence-corrected chi connectivity index (χ3v) is 6.00. The van der Waals surface area contributed by atoms with Gasteiger partial charge in [0.2, 0.25) is 11.8 Å². The normalized spacial score (nSPS) is 19.2. The van der Waals surface area contributed by atoms with Gasteiger partial charge in [0.1, 0.15) is 0 Å². The van der Waals surface area contributed by atoms with Crippen LogP contribution < -0.4 is 10.6 Å². The van der Waals surface area contributed by atoms with Gasteiger partial charge in [0.05, 0.1) is 0 Å². The van der Waals surface area contributed by atoms with Crippen LogP contribution in [-0.2, 0) is 9.59 Å². The van der Waals surface area contributed by atoms with E-state index >= 15 is 0 Å². The molecule has 0 spiro atoms. The molecule has 0 unspecified atom stereocenters. The van der Waals surface area contributed by atoms with Gasteiger partial charge in [-0.25, -0.2) is 0 Å². The lowest BCUT2D eigenvalue weighted by Gasteiger charge is -2.22. The van der Waals surface area contributed by atoms with E-state index in [2.05, 4.69) is 10.6 Å². The lowest BCUT2D eigenvalue weighted by Crippen LogP contribution is -2.36. The molecule has 0 saturated heterocycles. The minimum absolute atomic E-state index is 0.247. The standard InChI is InChI=1S/C22H40N2O2/c25-21(23-19-13-7-5-8-14-19)17-11-3-1-2-4-12-18-22(26)24-20-15-9-6-10-16-20/h19-20H,1-18H2,(H,23,25)(H,24,26). The van der Waals surface area contributed by atoms with Gasteiger partial charge < -0.3 is 10.6 Å². The van der Waals surface area contributed by atoms with Crippen LogP contribution in [0.1, 0.15) is 116 Å². The van der Waals surface area contributed by atoms with Crippen molar-refractivity contribution in [2.75, 3.05) is 0 Å². The lowest BCUT2D eigenvalue weighted by atomic mass is 9.95. The molecule has 0 heterocycles. The summed E-state index contributed by atoms with van der Waals surface area (Å²) in [7, 11) is 0. The van der Waals surface area contributed by atoms with Crippen LogP contribution in [0.4, 0.5) is 0 Å². The number of carbonyl (C=O) groups excluding carboxylic acids is 2. The molecule has 2 saturated carbocycles. The number of nitrogens with one attached hydrogen (secondary N) is 2. The smallest absolute Gasteiger partial charge is 0.220 e. The first-order valence-electron chi connectivity index (χ1n) is 11.3. The monoisotopic (exact) mass is 364 g/mol. The molecular weight excluding hydrogens is 324 g/mol. The Labute approximate surface area is 160 Å². The van der Waals surface area contributed by atoms with Crippen LogP contribution in [0.5, 0.6) is 0 Å². The van der Waals surface area contributed by atoms with Gasteiger partial charge in [-0.2, -0.15) is 0 Å². The highest BCUT2D eigenvalue weighted by atomic mass is 16.2. The maximum Gasteiger partial charge on any atom is 0.220 e. The van der Waals surface area contributed by atoms with Gasteiger partial charge in [0.25, 0.3) is 0 Å². The summed E-state index contributed by atoms with van der Waals surface area (Å²) in [6.45, 7) is 0. The van der Waals surface area contributed by atoms with Crippen molar-refractivity contribution in [2.24, 2.45) is 0 Å². The third-order valence-electron chi connectivity index (χ3n) is 6.00. The summed E-state index contributed by atoms with van der Waals surface area (Å²) in [5.74, 6) is 0.493. The highest BCUT2D eigenvalue weighted by molar-refractivity contribution is 5.76. The number of unbranched alkanes of at least 4 members (excludes halogenated alkanes) is 5. The fourth-order valence-electron chi connectivity index (χ4n) is 4.37. The van der Waals surface area contributed by atoms with Crippen molar-refractivity contribution in [3.8, 4) is 0 Å². The molecule has 2 rings (SSSR count). The number of rotatable bonds is 11. The summed E-state index contributed by atoms with van der Waals surface area (Å²) in [5.41, 5.74) is 0. The second kappa shape index (κ2) is 13.2. The van der Waals surface area contributed by atoms with Crippen LogP contribution in [0, 0.1) is 0 Å². The van der Waals surface area contributed by atoms with Gasteiger partial charge in [0.15, 0.2) is 0 Å². The van der Waals surface area contributed by atoms with Crippen molar-refractivity contribution >= 4 is 11.8 Å². The van der Waals surface area contributed by atoms with E-state index in [1.165, 1.54) is 77.0 Å². The van der Waals surface area contributed by atoms with Gasteiger partial charge in [-0.3, -0.25) is 9.59 Å². The Hall–Kier alpha value is -1.06. The second-order valence-corrected chi connectivity index (χ2v) is 8.43. The second-order valence-electron chi connectivity index (χ2n) is 8.43. The van der Waals surface area contributed by atoms with E-state index < -0.39 is 0 Å². The quantitative estimate of drug-likeness (QED) is 0.507. The first-order valence-corrected chi connectivity index (χ1v) is 11.3. The van der Waals surface area contributed by atoms with E-state index in [-0.39, 0.29) is 11.8 Å². The van der Waals surface area contributed by atoms with Crippen molar-refractivity contribution in [2.45, 2.75) is 128 Å². The van der Waals surface area contributed by atoms with Gasteiger partial charge in [-0.1, -0.05) is 64.2 Å². The SMILES string of the molecule is O=C(CCCCCCCCC(=O)NC1CCCCC1)NC1CCCCC1. The van der Waals surface area contributed by atoms with E-state index in [9.17, 15) is 9.59 Å². The van der Waals surface area contributed by atoms with Crippen molar-refractivity contribution in [3.05, 3.63) is 0 Å². The van der Waals surface area contributed by atoms with Crippen LogP contribution in [0.2, 0.25) is 0 Å². The van der Waals surface area contributed by atoms with E-state index in [4.69, 9.17) is 0 Å². The zero-order chi connectivity index (χ0) is 18.5. The molecule has 0 aliphatic heterocycles. The molecule has 0 radical (unpaired) electrons. The molecule has 0 aromatic heterocycles. The Morgan fingerprint density at radius 2 is 0.885 bits per heavy atom. The number of carbonyl (C=O) groups is 2. The number of amides is 2. The molecule has 2 fully saturated rings. The zero-order valence-corrected chi connectivity index (χ0v) is 16.7. The Kier molecular flexibility index (Phi) is 10.8. The summed E-state index contributed by atoms with van der Waals surface area (Å²) < 4.78 is 0. The van der Waals surface area contributed by atoms with E-state index in [1.807, 2.05) is 0 Å². The average molecular weight is 365 g/mol. The number of hydrogen-bond acceptors (Lipinski definition) is 2.